The van der Waals surface area contributed by atoms with Gasteiger partial charge in [-0.05, 0) is 48.2 Å². The van der Waals surface area contributed by atoms with Crippen LogP contribution in [0.5, 0.6) is 17.2 Å². The van der Waals surface area contributed by atoms with E-state index >= 15 is 0 Å². The molecule has 3 rings (SSSR count). The van der Waals surface area contributed by atoms with E-state index in [0.29, 0.717) is 28.6 Å². The van der Waals surface area contributed by atoms with Crippen LogP contribution >= 0.6 is 0 Å². The average Bonchev–Trinajstić information content (AvgIpc) is 3.32. The zero-order chi connectivity index (χ0) is 24.1. The fourth-order valence-electron chi connectivity index (χ4n) is 3.64. The molecular weight excluding hydrogens is 422 g/mol. The molecule has 0 bridgehead atoms. The zero-order valence-corrected chi connectivity index (χ0v) is 19.9. The Labute approximate surface area is 194 Å². The van der Waals surface area contributed by atoms with Gasteiger partial charge in [-0.2, -0.15) is 0 Å². The molecule has 2 unspecified atom stereocenters. The Bertz CT molecular complexity index is 1130. The third-order valence-corrected chi connectivity index (χ3v) is 5.84. The molecule has 0 aliphatic rings. The molecule has 33 heavy (non-hydrogen) atoms. The lowest BCUT2D eigenvalue weighted by Crippen LogP contribution is -2.40. The standard InChI is InChI=1S/C25H31N3O5/c1-7-14(2)22(26)25(29)27-19-11-16(8-9-20(19)30-4)18-13-33-28-23(18)17-10-15(3)24(32-6)21(12-17)31-5/h8-14,22H,7,26H2,1-6H3,(H,27,29). The van der Waals surface area contributed by atoms with E-state index in [2.05, 4.69) is 10.5 Å². The lowest BCUT2D eigenvalue weighted by atomic mass is 9.98. The Morgan fingerprint density at radius 1 is 1.09 bits per heavy atom. The number of carbonyl (C=O) groups excluding carboxylic acids is 1. The van der Waals surface area contributed by atoms with Gasteiger partial charge < -0.3 is 29.8 Å². The molecule has 8 heteroatoms. The number of carbonyl (C=O) groups is 1. The first kappa shape index (κ1) is 24.1. The van der Waals surface area contributed by atoms with E-state index in [1.54, 1.807) is 33.7 Å². The minimum atomic E-state index is -0.621. The molecule has 0 aliphatic carbocycles. The van der Waals surface area contributed by atoms with Crippen LogP contribution in [0.15, 0.2) is 41.1 Å². The van der Waals surface area contributed by atoms with Gasteiger partial charge in [-0.1, -0.05) is 31.5 Å². The summed E-state index contributed by atoms with van der Waals surface area (Å²) in [6, 6.07) is 8.68. The van der Waals surface area contributed by atoms with E-state index in [-0.39, 0.29) is 11.8 Å². The maximum atomic E-state index is 12.7. The van der Waals surface area contributed by atoms with E-state index in [0.717, 1.165) is 28.7 Å². The Hall–Kier alpha value is -3.52. The van der Waals surface area contributed by atoms with Crippen LogP contribution in [0.1, 0.15) is 25.8 Å². The molecular formula is C25H31N3O5. The van der Waals surface area contributed by atoms with Crippen molar-refractivity contribution in [3.8, 4) is 39.6 Å². The molecule has 2 atom stereocenters. The van der Waals surface area contributed by atoms with E-state index in [1.165, 1.54) is 0 Å². The Kier molecular flexibility index (Phi) is 7.60. The summed E-state index contributed by atoms with van der Waals surface area (Å²) in [6.07, 6.45) is 2.38. The second-order valence-corrected chi connectivity index (χ2v) is 7.92. The molecule has 1 heterocycles. The number of hydrogen-bond donors (Lipinski definition) is 2. The van der Waals surface area contributed by atoms with Crippen molar-refractivity contribution in [2.24, 2.45) is 11.7 Å². The van der Waals surface area contributed by atoms with E-state index < -0.39 is 6.04 Å². The van der Waals surface area contributed by atoms with Gasteiger partial charge in [-0.3, -0.25) is 4.79 Å². The lowest BCUT2D eigenvalue weighted by Gasteiger charge is -2.19. The molecule has 0 spiro atoms. The van der Waals surface area contributed by atoms with Crippen molar-refractivity contribution in [3.63, 3.8) is 0 Å². The van der Waals surface area contributed by atoms with Crippen molar-refractivity contribution in [2.75, 3.05) is 26.6 Å². The minimum absolute atomic E-state index is 0.0529. The molecule has 2 aromatic carbocycles. The number of aromatic nitrogens is 1. The van der Waals surface area contributed by atoms with Gasteiger partial charge in [0.15, 0.2) is 11.5 Å². The van der Waals surface area contributed by atoms with Gasteiger partial charge in [0, 0.05) is 11.1 Å². The van der Waals surface area contributed by atoms with Gasteiger partial charge in [0.2, 0.25) is 5.91 Å². The molecule has 1 aromatic heterocycles. The van der Waals surface area contributed by atoms with E-state index in [9.17, 15) is 4.79 Å². The molecule has 3 N–H and O–H groups in total. The highest BCUT2D eigenvalue weighted by Gasteiger charge is 2.22. The molecule has 0 aliphatic heterocycles. The highest BCUT2D eigenvalue weighted by molar-refractivity contribution is 5.97. The topological polar surface area (TPSA) is 109 Å². The normalized spacial score (nSPS) is 12.7. The summed E-state index contributed by atoms with van der Waals surface area (Å²) in [7, 11) is 4.75. The summed E-state index contributed by atoms with van der Waals surface area (Å²) in [5.41, 5.74) is 10.5. The number of methoxy groups -OCH3 is 3. The first-order valence-electron chi connectivity index (χ1n) is 10.8. The summed E-state index contributed by atoms with van der Waals surface area (Å²) >= 11 is 0. The molecule has 176 valence electrons. The number of nitrogens with two attached hydrogens (primary N) is 1. The molecule has 0 fully saturated rings. The lowest BCUT2D eigenvalue weighted by molar-refractivity contribution is -0.118. The smallest absolute Gasteiger partial charge is 0.241 e. The number of amides is 1. The predicted molar refractivity (Wildman–Crippen MR) is 128 cm³/mol. The van der Waals surface area contributed by atoms with Crippen molar-refractivity contribution in [1.29, 1.82) is 0 Å². The van der Waals surface area contributed by atoms with Gasteiger partial charge >= 0.3 is 0 Å². The number of aryl methyl sites for hydroxylation is 1. The number of benzene rings is 2. The van der Waals surface area contributed by atoms with E-state index in [1.807, 2.05) is 45.0 Å². The number of ether oxygens (including phenoxy) is 3. The molecule has 0 saturated heterocycles. The Balaban J connectivity index is 2.01. The summed E-state index contributed by atoms with van der Waals surface area (Å²) in [6.45, 7) is 5.89. The number of rotatable bonds is 9. The Morgan fingerprint density at radius 3 is 2.45 bits per heavy atom. The Morgan fingerprint density at radius 2 is 1.82 bits per heavy atom. The second-order valence-electron chi connectivity index (χ2n) is 7.92. The third kappa shape index (κ3) is 4.96. The maximum absolute atomic E-state index is 12.7. The van der Waals surface area contributed by atoms with Gasteiger partial charge in [0.25, 0.3) is 0 Å². The molecule has 8 nitrogen and oxygen atoms in total. The van der Waals surface area contributed by atoms with Crippen LogP contribution in [-0.4, -0.2) is 38.4 Å². The van der Waals surface area contributed by atoms with Gasteiger partial charge in [0.05, 0.1) is 33.1 Å². The van der Waals surface area contributed by atoms with Crippen LogP contribution in [0.4, 0.5) is 5.69 Å². The van der Waals surface area contributed by atoms with Crippen molar-refractivity contribution in [2.45, 2.75) is 33.2 Å². The second kappa shape index (κ2) is 10.4. The summed E-state index contributed by atoms with van der Waals surface area (Å²) in [5.74, 6) is 1.59. The zero-order valence-electron chi connectivity index (χ0n) is 19.9. The first-order chi connectivity index (χ1) is 15.8. The van der Waals surface area contributed by atoms with Crippen LogP contribution < -0.4 is 25.3 Å². The third-order valence-electron chi connectivity index (χ3n) is 5.84. The monoisotopic (exact) mass is 453 g/mol. The highest BCUT2D eigenvalue weighted by atomic mass is 16.5. The van der Waals surface area contributed by atoms with Crippen molar-refractivity contribution in [1.82, 2.24) is 5.16 Å². The fraction of sp³-hybridized carbons (Fsp3) is 0.360. The van der Waals surface area contributed by atoms with Gasteiger partial charge in [-0.25, -0.2) is 0 Å². The molecule has 0 radical (unpaired) electrons. The van der Waals surface area contributed by atoms with Crippen LogP contribution in [0.3, 0.4) is 0 Å². The number of anilines is 1. The first-order valence-corrected chi connectivity index (χ1v) is 10.8. The van der Waals surface area contributed by atoms with Crippen LogP contribution in [-0.2, 0) is 4.79 Å². The highest BCUT2D eigenvalue weighted by Crippen LogP contribution is 2.40. The molecule has 3 aromatic rings. The molecule has 1 amide bonds. The summed E-state index contributed by atoms with van der Waals surface area (Å²) < 4.78 is 21.7. The summed E-state index contributed by atoms with van der Waals surface area (Å²) in [5, 5.41) is 7.12. The number of nitrogens with one attached hydrogen (secondary N) is 1. The van der Waals surface area contributed by atoms with Crippen LogP contribution in [0.2, 0.25) is 0 Å². The van der Waals surface area contributed by atoms with Crippen LogP contribution in [0, 0.1) is 12.8 Å². The van der Waals surface area contributed by atoms with Crippen molar-refractivity contribution < 1.29 is 23.5 Å². The SMILES string of the molecule is CCC(C)C(N)C(=O)Nc1cc(-c2conc2-c2cc(C)c(OC)c(OC)c2)ccc1OC. The van der Waals surface area contributed by atoms with Crippen molar-refractivity contribution >= 4 is 11.6 Å². The summed E-state index contributed by atoms with van der Waals surface area (Å²) in [4.78, 5) is 12.7. The van der Waals surface area contributed by atoms with Crippen molar-refractivity contribution in [3.05, 3.63) is 42.2 Å². The molecule has 0 saturated carbocycles. The van der Waals surface area contributed by atoms with E-state index in [4.69, 9.17) is 24.5 Å². The fourth-order valence-corrected chi connectivity index (χ4v) is 3.64. The largest absolute Gasteiger partial charge is 0.495 e. The number of hydrogen-bond acceptors (Lipinski definition) is 7. The quantitative estimate of drug-likeness (QED) is 0.485. The minimum Gasteiger partial charge on any atom is -0.495 e. The van der Waals surface area contributed by atoms with Crippen LogP contribution in [0.25, 0.3) is 22.4 Å². The maximum Gasteiger partial charge on any atom is 0.241 e. The predicted octanol–water partition coefficient (Wildman–Crippen LogP) is 4.65. The van der Waals surface area contributed by atoms with Gasteiger partial charge in [-0.15, -0.1) is 0 Å². The van der Waals surface area contributed by atoms with Gasteiger partial charge in [0.1, 0.15) is 17.7 Å². The number of nitrogens with zero attached hydrogens (tertiary/aromatic N) is 1. The average molecular weight is 454 g/mol.